The van der Waals surface area contributed by atoms with E-state index in [2.05, 4.69) is 5.32 Å². The summed E-state index contributed by atoms with van der Waals surface area (Å²) in [5.74, 6) is -0.114. The maximum atomic E-state index is 12.1. The molecule has 1 aromatic carbocycles. The molecule has 1 aliphatic rings. The lowest BCUT2D eigenvalue weighted by atomic mass is 10.1. The van der Waals surface area contributed by atoms with E-state index in [9.17, 15) is 9.59 Å². The monoisotopic (exact) mass is 280 g/mol. The van der Waals surface area contributed by atoms with Crippen LogP contribution in [0.4, 0.5) is 10.5 Å². The van der Waals surface area contributed by atoms with E-state index in [1.165, 1.54) is 0 Å². The molecule has 0 bridgehead atoms. The van der Waals surface area contributed by atoms with Crippen LogP contribution in [0.25, 0.3) is 0 Å². The van der Waals surface area contributed by atoms with Crippen LogP contribution < -0.4 is 10.2 Å². The van der Waals surface area contributed by atoms with Crippen molar-refractivity contribution in [3.05, 3.63) is 29.8 Å². The Morgan fingerprint density at radius 1 is 1.26 bits per heavy atom. The molecule has 2 rings (SSSR count). The summed E-state index contributed by atoms with van der Waals surface area (Å²) in [6, 6.07) is 7.47. The number of benzene rings is 1. The summed E-state index contributed by atoms with van der Waals surface area (Å²) in [6.45, 7) is 0.636. The van der Waals surface area contributed by atoms with Gasteiger partial charge in [0.2, 0.25) is 5.91 Å². The molecular formula is C14H17ClN2O2. The Balaban J connectivity index is 2.15. The van der Waals surface area contributed by atoms with Gasteiger partial charge < -0.3 is 0 Å². The maximum absolute atomic E-state index is 12.1. The van der Waals surface area contributed by atoms with Crippen LogP contribution >= 0.6 is 11.6 Å². The smallest absolute Gasteiger partial charge is 0.294 e. The number of alkyl halides is 1. The van der Waals surface area contributed by atoms with Crippen LogP contribution in [-0.2, 0) is 11.2 Å². The number of aryl methyl sites for hydroxylation is 1. The summed E-state index contributed by atoms with van der Waals surface area (Å²) in [7, 11) is 0. The lowest BCUT2D eigenvalue weighted by molar-refractivity contribution is -0.119. The number of hydrogen-bond donors (Lipinski definition) is 1. The third kappa shape index (κ3) is 3.47. The van der Waals surface area contributed by atoms with Crippen LogP contribution in [0, 0.1) is 0 Å². The standard InChI is InChI=1S/C14H17ClN2O2/c15-9-8-13(18)16-14(19)17-10-4-3-6-11-5-1-2-7-12(11)17/h1-2,5,7H,3-4,6,8-10H2,(H,16,18,19). The van der Waals surface area contributed by atoms with Crippen molar-refractivity contribution in [3.8, 4) is 0 Å². The summed E-state index contributed by atoms with van der Waals surface area (Å²) in [6.07, 6.45) is 3.11. The minimum absolute atomic E-state index is 0.156. The fourth-order valence-electron chi connectivity index (χ4n) is 2.24. The van der Waals surface area contributed by atoms with Crippen LogP contribution in [0.5, 0.6) is 0 Å². The number of nitrogens with zero attached hydrogens (tertiary/aromatic N) is 1. The predicted molar refractivity (Wildman–Crippen MR) is 75.6 cm³/mol. The molecule has 0 saturated heterocycles. The number of rotatable bonds is 2. The van der Waals surface area contributed by atoms with E-state index in [0.717, 1.165) is 30.5 Å². The van der Waals surface area contributed by atoms with Gasteiger partial charge in [-0.1, -0.05) is 18.2 Å². The third-order valence-corrected chi connectivity index (χ3v) is 3.36. The lowest BCUT2D eigenvalue weighted by Crippen LogP contribution is -2.43. The summed E-state index contributed by atoms with van der Waals surface area (Å²) in [5.41, 5.74) is 2.05. The number of fused-ring (bicyclic) bond motifs is 1. The average Bonchev–Trinajstić information content (AvgIpc) is 2.61. The van der Waals surface area contributed by atoms with Crippen LogP contribution in [0.3, 0.4) is 0 Å². The zero-order valence-electron chi connectivity index (χ0n) is 10.7. The molecule has 102 valence electrons. The van der Waals surface area contributed by atoms with Gasteiger partial charge in [-0.3, -0.25) is 15.0 Å². The van der Waals surface area contributed by atoms with Crippen molar-refractivity contribution < 1.29 is 9.59 Å². The maximum Gasteiger partial charge on any atom is 0.328 e. The van der Waals surface area contributed by atoms with Crippen LogP contribution in [0.1, 0.15) is 24.8 Å². The van der Waals surface area contributed by atoms with E-state index in [-0.39, 0.29) is 24.2 Å². The molecule has 0 atom stereocenters. The van der Waals surface area contributed by atoms with E-state index in [4.69, 9.17) is 11.6 Å². The molecule has 0 fully saturated rings. The van der Waals surface area contributed by atoms with Crippen molar-refractivity contribution >= 4 is 29.2 Å². The van der Waals surface area contributed by atoms with E-state index < -0.39 is 0 Å². The van der Waals surface area contributed by atoms with Crippen LogP contribution in [0.2, 0.25) is 0 Å². The topological polar surface area (TPSA) is 49.4 Å². The van der Waals surface area contributed by atoms with Gasteiger partial charge in [-0.05, 0) is 30.9 Å². The lowest BCUT2D eigenvalue weighted by Gasteiger charge is -2.22. The molecule has 0 aliphatic carbocycles. The fourth-order valence-corrected chi connectivity index (χ4v) is 2.41. The summed E-state index contributed by atoms with van der Waals surface area (Å²) in [4.78, 5) is 25.2. The molecule has 1 aromatic rings. The predicted octanol–water partition coefficient (Wildman–Crippen LogP) is 2.69. The van der Waals surface area contributed by atoms with Crippen molar-refractivity contribution in [2.24, 2.45) is 0 Å². The first kappa shape index (κ1) is 13.9. The Labute approximate surface area is 117 Å². The fraction of sp³-hybridized carbons (Fsp3) is 0.429. The number of nitrogens with one attached hydrogen (secondary N) is 1. The first-order valence-electron chi connectivity index (χ1n) is 6.47. The number of para-hydroxylation sites is 1. The van der Waals surface area contributed by atoms with Crippen LogP contribution in [0.15, 0.2) is 24.3 Å². The SMILES string of the molecule is O=C(CCCl)NC(=O)N1CCCCc2ccccc21. The summed E-state index contributed by atoms with van der Waals surface area (Å²) >= 11 is 5.49. The minimum atomic E-state index is -0.357. The number of carbonyl (C=O) groups excluding carboxylic acids is 2. The van der Waals surface area contributed by atoms with E-state index >= 15 is 0 Å². The quantitative estimate of drug-likeness (QED) is 0.847. The molecule has 0 spiro atoms. The number of halogens is 1. The molecular weight excluding hydrogens is 264 g/mol. The number of urea groups is 1. The summed E-state index contributed by atoms with van der Waals surface area (Å²) in [5, 5.41) is 2.38. The van der Waals surface area contributed by atoms with Gasteiger partial charge in [0, 0.05) is 24.5 Å². The third-order valence-electron chi connectivity index (χ3n) is 3.17. The second-order valence-corrected chi connectivity index (χ2v) is 4.91. The molecule has 0 saturated carbocycles. The highest BCUT2D eigenvalue weighted by atomic mass is 35.5. The number of anilines is 1. The van der Waals surface area contributed by atoms with Gasteiger partial charge in [-0.2, -0.15) is 0 Å². The molecule has 1 heterocycles. The zero-order valence-corrected chi connectivity index (χ0v) is 11.4. The minimum Gasteiger partial charge on any atom is -0.294 e. The van der Waals surface area contributed by atoms with E-state index in [0.29, 0.717) is 6.54 Å². The zero-order chi connectivity index (χ0) is 13.7. The Hall–Kier alpha value is -1.55. The van der Waals surface area contributed by atoms with Crippen LogP contribution in [-0.4, -0.2) is 24.4 Å². The molecule has 19 heavy (non-hydrogen) atoms. The Kier molecular flexibility index (Phi) is 4.80. The highest BCUT2D eigenvalue weighted by molar-refractivity contribution is 6.19. The molecule has 4 nitrogen and oxygen atoms in total. The average molecular weight is 281 g/mol. The Morgan fingerprint density at radius 2 is 2.05 bits per heavy atom. The normalized spacial score (nSPS) is 14.5. The molecule has 1 aliphatic heterocycles. The van der Waals surface area contributed by atoms with Gasteiger partial charge in [0.15, 0.2) is 0 Å². The highest BCUT2D eigenvalue weighted by Crippen LogP contribution is 2.25. The number of imide groups is 1. The van der Waals surface area contributed by atoms with Crippen molar-refractivity contribution in [2.45, 2.75) is 25.7 Å². The highest BCUT2D eigenvalue weighted by Gasteiger charge is 2.21. The summed E-state index contributed by atoms with van der Waals surface area (Å²) < 4.78 is 0. The van der Waals surface area contributed by atoms with Gasteiger partial charge >= 0.3 is 6.03 Å². The number of carbonyl (C=O) groups is 2. The second-order valence-electron chi connectivity index (χ2n) is 4.53. The van der Waals surface area contributed by atoms with Gasteiger partial charge in [0.1, 0.15) is 0 Å². The molecule has 1 N–H and O–H groups in total. The molecule has 5 heteroatoms. The first-order valence-corrected chi connectivity index (χ1v) is 7.01. The van der Waals surface area contributed by atoms with Crippen molar-refractivity contribution in [1.29, 1.82) is 0 Å². The first-order chi connectivity index (χ1) is 9.22. The molecule has 0 radical (unpaired) electrons. The second kappa shape index (κ2) is 6.57. The van der Waals surface area contributed by atoms with Gasteiger partial charge in [-0.15, -0.1) is 11.6 Å². The van der Waals surface area contributed by atoms with Gasteiger partial charge in [-0.25, -0.2) is 4.79 Å². The van der Waals surface area contributed by atoms with Crippen molar-refractivity contribution in [1.82, 2.24) is 5.32 Å². The molecule has 0 unspecified atom stereocenters. The number of hydrogen-bond acceptors (Lipinski definition) is 2. The van der Waals surface area contributed by atoms with Crippen molar-refractivity contribution in [2.75, 3.05) is 17.3 Å². The Morgan fingerprint density at radius 3 is 2.84 bits per heavy atom. The molecule has 0 aromatic heterocycles. The Bertz CT molecular complexity index is 476. The van der Waals surface area contributed by atoms with Gasteiger partial charge in [0.05, 0.1) is 0 Å². The molecule has 3 amide bonds. The van der Waals surface area contributed by atoms with Gasteiger partial charge in [0.25, 0.3) is 0 Å². The van der Waals surface area contributed by atoms with E-state index in [1.54, 1.807) is 4.90 Å². The van der Waals surface area contributed by atoms with E-state index in [1.807, 2.05) is 24.3 Å². The number of amides is 3. The van der Waals surface area contributed by atoms with Crippen molar-refractivity contribution in [3.63, 3.8) is 0 Å². The largest absolute Gasteiger partial charge is 0.328 e.